The first-order chi connectivity index (χ1) is 9.86. The first kappa shape index (κ1) is 13.6. The van der Waals surface area contributed by atoms with E-state index in [0.717, 1.165) is 12.0 Å². The van der Waals surface area contributed by atoms with Gasteiger partial charge in [-0.05, 0) is 44.9 Å². The minimum absolute atomic E-state index is 0.180. The van der Waals surface area contributed by atoms with E-state index in [9.17, 15) is 4.79 Å². The third-order valence-corrected chi connectivity index (χ3v) is 4.90. The molecule has 1 aromatic carbocycles. The average Bonchev–Trinajstić information content (AvgIpc) is 2.47. The van der Waals surface area contributed by atoms with Gasteiger partial charge in [-0.25, -0.2) is 0 Å². The summed E-state index contributed by atoms with van der Waals surface area (Å²) in [5.41, 5.74) is 4.04. The maximum atomic E-state index is 12.8. The summed E-state index contributed by atoms with van der Waals surface area (Å²) in [6, 6.07) is 9.88. The largest absolute Gasteiger partial charge is 0.294 e. The van der Waals surface area contributed by atoms with Gasteiger partial charge in [0.1, 0.15) is 0 Å². The molecule has 2 aliphatic carbocycles. The van der Waals surface area contributed by atoms with Crippen molar-refractivity contribution in [1.82, 2.24) is 0 Å². The summed E-state index contributed by atoms with van der Waals surface area (Å²) < 4.78 is 0. The van der Waals surface area contributed by atoms with Crippen LogP contribution in [0.3, 0.4) is 0 Å². The minimum atomic E-state index is 0.180. The van der Waals surface area contributed by atoms with Crippen LogP contribution in [0.1, 0.15) is 68.1 Å². The molecule has 0 saturated carbocycles. The van der Waals surface area contributed by atoms with E-state index in [0.29, 0.717) is 5.78 Å². The molecule has 0 radical (unpaired) electrons. The third kappa shape index (κ3) is 2.87. The van der Waals surface area contributed by atoms with E-state index in [1.807, 2.05) is 30.3 Å². The van der Waals surface area contributed by atoms with Crippen molar-refractivity contribution in [3.63, 3.8) is 0 Å². The first-order valence-electron chi connectivity index (χ1n) is 8.16. The molecule has 1 heteroatoms. The van der Waals surface area contributed by atoms with Crippen LogP contribution >= 0.6 is 0 Å². The lowest BCUT2D eigenvalue weighted by Gasteiger charge is -2.29. The number of carbonyl (C=O) groups is 1. The van der Waals surface area contributed by atoms with Crippen LogP contribution in [0.15, 0.2) is 41.5 Å². The van der Waals surface area contributed by atoms with Crippen LogP contribution in [0.4, 0.5) is 0 Å². The third-order valence-electron chi connectivity index (χ3n) is 4.90. The quantitative estimate of drug-likeness (QED) is 0.524. The molecule has 0 heterocycles. The molecule has 106 valence electrons. The highest BCUT2D eigenvalue weighted by atomic mass is 16.1. The van der Waals surface area contributed by atoms with Crippen molar-refractivity contribution in [3.8, 4) is 0 Å². The predicted molar refractivity (Wildman–Crippen MR) is 82.8 cm³/mol. The Bertz CT molecular complexity index is 498. The second kappa shape index (κ2) is 6.39. The highest BCUT2D eigenvalue weighted by molar-refractivity contribution is 5.99. The molecule has 0 fully saturated rings. The van der Waals surface area contributed by atoms with Gasteiger partial charge in [0.05, 0.1) is 0 Å². The van der Waals surface area contributed by atoms with Gasteiger partial charge in [0.2, 0.25) is 0 Å². The summed E-state index contributed by atoms with van der Waals surface area (Å²) in [5.74, 6) is 0.539. The fraction of sp³-hybridized carbons (Fsp3) is 0.526. The maximum Gasteiger partial charge on any atom is 0.169 e. The average molecular weight is 268 g/mol. The number of rotatable bonds is 2. The number of carbonyl (C=O) groups excluding carboxylic acids is 1. The van der Waals surface area contributed by atoms with Gasteiger partial charge >= 0.3 is 0 Å². The maximum absolute atomic E-state index is 12.8. The molecule has 2 aliphatic rings. The molecule has 0 spiro atoms. The lowest BCUT2D eigenvalue weighted by molar-refractivity contribution is 0.0925. The van der Waals surface area contributed by atoms with Gasteiger partial charge in [-0.2, -0.15) is 0 Å². The summed E-state index contributed by atoms with van der Waals surface area (Å²) in [5, 5.41) is 0. The zero-order valence-electron chi connectivity index (χ0n) is 12.2. The smallest absolute Gasteiger partial charge is 0.169 e. The molecule has 0 aliphatic heterocycles. The molecule has 0 bridgehead atoms. The molecular weight excluding hydrogens is 244 g/mol. The Kier molecular flexibility index (Phi) is 4.34. The van der Waals surface area contributed by atoms with E-state index in [1.165, 1.54) is 56.9 Å². The van der Waals surface area contributed by atoms with Crippen LogP contribution in [0.25, 0.3) is 0 Å². The lowest BCUT2D eigenvalue weighted by atomic mass is 9.74. The number of ketones is 1. The Labute approximate surface area is 122 Å². The van der Waals surface area contributed by atoms with Crippen molar-refractivity contribution in [2.24, 2.45) is 5.92 Å². The van der Waals surface area contributed by atoms with Crippen molar-refractivity contribution in [2.45, 2.75) is 57.8 Å². The number of hydrogen-bond donors (Lipinski definition) is 0. The van der Waals surface area contributed by atoms with Gasteiger partial charge in [0, 0.05) is 11.5 Å². The molecule has 3 rings (SSSR count). The molecule has 1 nitrogen and oxygen atoms in total. The van der Waals surface area contributed by atoms with Crippen molar-refractivity contribution in [3.05, 3.63) is 47.0 Å². The van der Waals surface area contributed by atoms with Gasteiger partial charge in [-0.1, -0.05) is 54.3 Å². The van der Waals surface area contributed by atoms with E-state index < -0.39 is 0 Å². The molecule has 0 amide bonds. The molecule has 1 aromatic rings. The Balaban J connectivity index is 1.88. The van der Waals surface area contributed by atoms with Crippen molar-refractivity contribution >= 4 is 5.78 Å². The van der Waals surface area contributed by atoms with Crippen molar-refractivity contribution < 1.29 is 4.79 Å². The number of hydrogen-bond acceptors (Lipinski definition) is 1. The van der Waals surface area contributed by atoms with Crippen LogP contribution in [0.2, 0.25) is 0 Å². The van der Waals surface area contributed by atoms with Gasteiger partial charge in [0.25, 0.3) is 0 Å². The Morgan fingerprint density at radius 3 is 2.35 bits per heavy atom. The van der Waals surface area contributed by atoms with Crippen LogP contribution < -0.4 is 0 Å². The second-order valence-electron chi connectivity index (χ2n) is 6.22. The molecule has 0 saturated heterocycles. The van der Waals surface area contributed by atoms with Crippen molar-refractivity contribution in [2.75, 3.05) is 0 Å². The summed E-state index contributed by atoms with van der Waals surface area (Å²) in [6.07, 6.45) is 11.2. The van der Waals surface area contributed by atoms with E-state index in [-0.39, 0.29) is 5.92 Å². The molecule has 0 N–H and O–H groups in total. The van der Waals surface area contributed by atoms with Gasteiger partial charge < -0.3 is 0 Å². The summed E-state index contributed by atoms with van der Waals surface area (Å²) >= 11 is 0. The number of benzene rings is 1. The number of allylic oxidation sites excluding steroid dienone is 2. The highest BCUT2D eigenvalue weighted by Gasteiger charge is 2.29. The van der Waals surface area contributed by atoms with Gasteiger partial charge in [-0.3, -0.25) is 4.79 Å². The zero-order chi connectivity index (χ0) is 13.8. The molecular formula is C19H24O. The van der Waals surface area contributed by atoms with Gasteiger partial charge in [0.15, 0.2) is 5.78 Å². The monoisotopic (exact) mass is 268 g/mol. The van der Waals surface area contributed by atoms with Gasteiger partial charge in [-0.15, -0.1) is 0 Å². The molecule has 1 unspecified atom stereocenters. The van der Waals surface area contributed by atoms with E-state index >= 15 is 0 Å². The topological polar surface area (TPSA) is 17.1 Å². The fourth-order valence-electron chi connectivity index (χ4n) is 3.84. The normalized spacial score (nSPS) is 23.7. The summed E-state index contributed by atoms with van der Waals surface area (Å²) in [6.45, 7) is 0. The fourth-order valence-corrected chi connectivity index (χ4v) is 3.84. The summed E-state index contributed by atoms with van der Waals surface area (Å²) in [4.78, 5) is 12.8. The van der Waals surface area contributed by atoms with Crippen molar-refractivity contribution in [1.29, 1.82) is 0 Å². The SMILES string of the molecule is O=C(c1ccccc1)C1CCCC2=C1CCCCCC2. The predicted octanol–water partition coefficient (Wildman–Crippen LogP) is 5.32. The minimum Gasteiger partial charge on any atom is -0.294 e. The van der Waals surface area contributed by atoms with Crippen LogP contribution in [-0.4, -0.2) is 5.78 Å². The Morgan fingerprint density at radius 2 is 1.55 bits per heavy atom. The molecule has 0 aromatic heterocycles. The van der Waals surface area contributed by atoms with Crippen LogP contribution in [0, 0.1) is 5.92 Å². The van der Waals surface area contributed by atoms with Crippen LogP contribution in [-0.2, 0) is 0 Å². The first-order valence-corrected chi connectivity index (χ1v) is 8.16. The number of Topliss-reactive ketones (excluding diaryl/α,β-unsaturated/α-hetero) is 1. The molecule has 20 heavy (non-hydrogen) atoms. The standard InChI is InChI=1S/C19H24O/c20-19(16-10-5-3-6-11-16)18-14-8-12-15-9-4-1-2-7-13-17(15)18/h3,5-6,10-11,18H,1-2,4,7-9,12-14H2. The highest BCUT2D eigenvalue weighted by Crippen LogP contribution is 2.38. The zero-order valence-corrected chi connectivity index (χ0v) is 12.2. The Hall–Kier alpha value is -1.37. The molecule has 1 atom stereocenters. The van der Waals surface area contributed by atoms with E-state index in [2.05, 4.69) is 0 Å². The lowest BCUT2D eigenvalue weighted by Crippen LogP contribution is -2.22. The van der Waals surface area contributed by atoms with E-state index in [1.54, 1.807) is 5.57 Å². The van der Waals surface area contributed by atoms with Crippen LogP contribution in [0.5, 0.6) is 0 Å². The second-order valence-corrected chi connectivity index (χ2v) is 6.22. The Morgan fingerprint density at radius 1 is 0.850 bits per heavy atom. The summed E-state index contributed by atoms with van der Waals surface area (Å²) in [7, 11) is 0. The van der Waals surface area contributed by atoms with E-state index in [4.69, 9.17) is 0 Å².